The van der Waals surface area contributed by atoms with Gasteiger partial charge in [-0.2, -0.15) is 9.90 Å². The first kappa shape index (κ1) is 42.9. The highest BCUT2D eigenvalue weighted by Crippen LogP contribution is 2.09. The van der Waals surface area contributed by atoms with Crippen LogP contribution in [0.4, 0.5) is 0 Å². The Balaban J connectivity index is -0.000000218. The van der Waals surface area contributed by atoms with E-state index in [2.05, 4.69) is 20.8 Å². The van der Waals surface area contributed by atoms with Crippen molar-refractivity contribution < 1.29 is 29.7 Å². The molecule has 0 bridgehead atoms. The molecule has 0 rings (SSSR count). The first-order valence-electron chi connectivity index (χ1n) is 15.0. The fourth-order valence-electron chi connectivity index (χ4n) is 3.70. The Morgan fingerprint density at radius 2 is 0.514 bits per heavy atom. The van der Waals surface area contributed by atoms with Crippen LogP contribution in [0.1, 0.15) is 175 Å². The van der Waals surface area contributed by atoms with Gasteiger partial charge in [0.1, 0.15) is 0 Å². The summed E-state index contributed by atoms with van der Waals surface area (Å²) in [6.45, 7) is 6.60. The molecule has 37 heavy (non-hydrogen) atoms. The van der Waals surface area contributed by atoms with E-state index in [0.717, 1.165) is 38.5 Å². The van der Waals surface area contributed by atoms with Crippen molar-refractivity contribution in [1.82, 2.24) is 0 Å². The minimum Gasteiger partial charge on any atom is -0.481 e. The lowest BCUT2D eigenvalue weighted by atomic mass is 10.1. The van der Waals surface area contributed by atoms with Gasteiger partial charge in [-0.3, -0.25) is 14.4 Å². The number of aliphatic carboxylic acids is 3. The van der Waals surface area contributed by atoms with Crippen LogP contribution >= 0.6 is 9.90 Å². The zero-order chi connectivity index (χ0) is 27.7. The second kappa shape index (κ2) is 39.4. The number of carboxylic acids is 3. The van der Waals surface area contributed by atoms with Crippen LogP contribution in [0.15, 0.2) is 0 Å². The summed E-state index contributed by atoms with van der Waals surface area (Å²) in [5.41, 5.74) is 0. The van der Waals surface area contributed by atoms with Crippen LogP contribution in [-0.4, -0.2) is 33.2 Å². The molecular weight excluding hydrogens is 487 g/mol. The third-order valence-corrected chi connectivity index (χ3v) is 5.98. The largest absolute Gasteiger partial charge is 0.481 e. The van der Waals surface area contributed by atoms with E-state index in [1.54, 1.807) is 0 Å². The number of carboxylic acid groups (broad SMARTS) is 3. The van der Waals surface area contributed by atoms with E-state index in [9.17, 15) is 14.4 Å². The molecule has 0 aromatic rings. The van der Waals surface area contributed by atoms with E-state index in [0.29, 0.717) is 19.3 Å². The van der Waals surface area contributed by atoms with Gasteiger partial charge in [0.2, 0.25) is 0 Å². The molecular formula is C30H63O6P. The highest BCUT2D eigenvalue weighted by molar-refractivity contribution is 6.92. The molecule has 0 radical (unpaired) electrons. The zero-order valence-corrected chi connectivity index (χ0v) is 26.2. The maximum Gasteiger partial charge on any atom is 0.303 e. The molecule has 0 aliphatic rings. The van der Waals surface area contributed by atoms with Crippen molar-refractivity contribution in [2.75, 3.05) is 0 Å². The molecule has 0 saturated carbocycles. The normalized spacial score (nSPS) is 9.81. The number of hydrogen-bond acceptors (Lipinski definition) is 3. The number of hydrogen-bond donors (Lipinski definition) is 3. The van der Waals surface area contributed by atoms with E-state index in [4.69, 9.17) is 15.3 Å². The van der Waals surface area contributed by atoms with Crippen LogP contribution in [0.5, 0.6) is 0 Å². The average Bonchev–Trinajstić information content (AvgIpc) is 2.83. The van der Waals surface area contributed by atoms with Crippen LogP contribution in [0, 0.1) is 0 Å². The van der Waals surface area contributed by atoms with Crippen LogP contribution in [0.2, 0.25) is 0 Å². The van der Waals surface area contributed by atoms with Gasteiger partial charge in [0.25, 0.3) is 0 Å². The van der Waals surface area contributed by atoms with E-state index in [1.165, 1.54) is 96.3 Å². The van der Waals surface area contributed by atoms with Crippen LogP contribution in [-0.2, 0) is 14.4 Å². The standard InChI is InChI=1S/3C10H20O2.H3P/c3*1-2-3-4-5-6-7-8-9-10(11)12;/h3*2-9H2,1H3,(H,11,12);1H3. The lowest BCUT2D eigenvalue weighted by Gasteiger charge is -1.98. The van der Waals surface area contributed by atoms with Crippen molar-refractivity contribution in [3.63, 3.8) is 0 Å². The minimum atomic E-state index is -0.663. The van der Waals surface area contributed by atoms with Gasteiger partial charge in [-0.15, -0.1) is 0 Å². The fraction of sp³-hybridized carbons (Fsp3) is 0.900. The molecule has 0 aromatic heterocycles. The summed E-state index contributed by atoms with van der Waals surface area (Å²) in [5.74, 6) is -1.99. The number of carbonyl (C=O) groups is 3. The molecule has 0 amide bonds. The summed E-state index contributed by atoms with van der Waals surface area (Å²) in [5, 5.41) is 25.1. The van der Waals surface area contributed by atoms with Crippen LogP contribution < -0.4 is 0 Å². The van der Waals surface area contributed by atoms with E-state index >= 15 is 0 Å². The van der Waals surface area contributed by atoms with Crippen LogP contribution in [0.25, 0.3) is 0 Å². The third-order valence-electron chi connectivity index (χ3n) is 5.98. The molecule has 6 nitrogen and oxygen atoms in total. The quantitative estimate of drug-likeness (QED) is 0.0814. The van der Waals surface area contributed by atoms with Crippen molar-refractivity contribution in [1.29, 1.82) is 0 Å². The molecule has 0 aliphatic carbocycles. The average molecular weight is 551 g/mol. The molecule has 224 valence electrons. The highest BCUT2D eigenvalue weighted by Gasteiger charge is 1.97. The Hall–Kier alpha value is -1.16. The molecule has 0 spiro atoms. The molecule has 0 heterocycles. The van der Waals surface area contributed by atoms with Crippen molar-refractivity contribution in [2.24, 2.45) is 0 Å². The second-order valence-electron chi connectivity index (χ2n) is 9.80. The third kappa shape index (κ3) is 56.3. The van der Waals surface area contributed by atoms with Crippen molar-refractivity contribution in [3.05, 3.63) is 0 Å². The molecule has 0 fully saturated rings. The molecule has 1 unspecified atom stereocenters. The monoisotopic (exact) mass is 550 g/mol. The number of rotatable bonds is 24. The topological polar surface area (TPSA) is 112 Å². The number of unbranched alkanes of at least 4 members (excludes halogenated alkanes) is 18. The summed E-state index contributed by atoms with van der Waals surface area (Å²) in [4.78, 5) is 30.4. The summed E-state index contributed by atoms with van der Waals surface area (Å²) >= 11 is 0. The smallest absolute Gasteiger partial charge is 0.303 e. The SMILES string of the molecule is CCCCCCCCCC(=O)O.CCCCCCCCCC(=O)O.CCCCCCCCCC(=O)O.P. The van der Waals surface area contributed by atoms with Crippen molar-refractivity contribution in [2.45, 2.75) is 175 Å². The van der Waals surface area contributed by atoms with Gasteiger partial charge in [-0.25, -0.2) is 0 Å². The highest BCUT2D eigenvalue weighted by atomic mass is 31.0. The summed E-state index contributed by atoms with van der Waals surface area (Å²) in [7, 11) is 0. The summed E-state index contributed by atoms with van der Waals surface area (Å²) < 4.78 is 0. The lowest BCUT2D eigenvalue weighted by Crippen LogP contribution is -1.93. The van der Waals surface area contributed by atoms with Crippen molar-refractivity contribution >= 4 is 27.8 Å². The first-order valence-corrected chi connectivity index (χ1v) is 15.0. The molecule has 0 saturated heterocycles. The Morgan fingerprint density at radius 3 is 0.676 bits per heavy atom. The maximum absolute atomic E-state index is 10.1. The fourth-order valence-corrected chi connectivity index (χ4v) is 3.70. The van der Waals surface area contributed by atoms with Gasteiger partial charge in [0.15, 0.2) is 0 Å². The summed E-state index contributed by atoms with van der Waals surface area (Å²) in [6, 6.07) is 0. The van der Waals surface area contributed by atoms with Gasteiger partial charge < -0.3 is 15.3 Å². The molecule has 0 aromatic carbocycles. The van der Waals surface area contributed by atoms with Crippen molar-refractivity contribution in [3.8, 4) is 0 Å². The summed E-state index contributed by atoms with van der Waals surface area (Å²) in [6.07, 6.45) is 25.9. The zero-order valence-electron chi connectivity index (χ0n) is 24.7. The predicted octanol–water partition coefficient (Wildman–Crippen LogP) is 9.69. The van der Waals surface area contributed by atoms with Crippen LogP contribution in [0.3, 0.4) is 0 Å². The van der Waals surface area contributed by atoms with E-state index < -0.39 is 17.9 Å². The Kier molecular flexibility index (Phi) is 45.6. The molecule has 0 aliphatic heterocycles. The molecule has 1 atom stereocenters. The minimum absolute atomic E-state index is 0. The predicted molar refractivity (Wildman–Crippen MR) is 162 cm³/mol. The Morgan fingerprint density at radius 1 is 0.351 bits per heavy atom. The maximum atomic E-state index is 10.1. The van der Waals surface area contributed by atoms with Gasteiger partial charge >= 0.3 is 17.9 Å². The van der Waals surface area contributed by atoms with Gasteiger partial charge in [0, 0.05) is 19.3 Å². The molecule has 3 N–H and O–H groups in total. The second-order valence-corrected chi connectivity index (χ2v) is 9.80. The van der Waals surface area contributed by atoms with E-state index in [1.807, 2.05) is 0 Å². The molecule has 7 heteroatoms. The van der Waals surface area contributed by atoms with Gasteiger partial charge in [0.05, 0.1) is 0 Å². The Bertz CT molecular complexity index is 404. The van der Waals surface area contributed by atoms with Gasteiger partial charge in [-0.05, 0) is 19.3 Å². The lowest BCUT2D eigenvalue weighted by molar-refractivity contribution is -0.138. The first-order chi connectivity index (χ1) is 17.3. The Labute approximate surface area is 232 Å². The van der Waals surface area contributed by atoms with Gasteiger partial charge in [-0.1, -0.05) is 136 Å². The van der Waals surface area contributed by atoms with E-state index in [-0.39, 0.29) is 9.90 Å².